The standard InChI is InChI=1S/C17H27N5O3/c1-3-5-10-16(24)22(20-15(23)8-4-2)21-17(25)19-13-11-14-9-6-7-12-18-14/h6-7,9,12H,3-5,8,10-11,13H2,1-2H3,(H,20,23)(H2,19,21,25). The SMILES string of the molecule is CCCCC(=O)N(NC(=O)CCC)NC(=O)NCCc1ccccn1. The monoisotopic (exact) mass is 349 g/mol. The summed E-state index contributed by atoms with van der Waals surface area (Å²) < 4.78 is 0. The number of carbonyl (C=O) groups excluding carboxylic acids is 3. The van der Waals surface area contributed by atoms with Gasteiger partial charge in [-0.25, -0.2) is 15.6 Å². The van der Waals surface area contributed by atoms with Crippen molar-refractivity contribution in [3.05, 3.63) is 30.1 Å². The molecule has 0 saturated carbocycles. The van der Waals surface area contributed by atoms with Gasteiger partial charge in [0.25, 0.3) is 5.91 Å². The number of urea groups is 1. The molecular weight excluding hydrogens is 322 g/mol. The largest absolute Gasteiger partial charge is 0.336 e. The van der Waals surface area contributed by atoms with Crippen LogP contribution in [0.5, 0.6) is 0 Å². The number of hydrogen-bond acceptors (Lipinski definition) is 4. The highest BCUT2D eigenvalue weighted by Gasteiger charge is 2.18. The molecule has 3 N–H and O–H groups in total. The Hall–Kier alpha value is -2.64. The van der Waals surface area contributed by atoms with Crippen LogP contribution in [0.15, 0.2) is 24.4 Å². The molecule has 1 aromatic heterocycles. The molecule has 25 heavy (non-hydrogen) atoms. The van der Waals surface area contributed by atoms with Crippen molar-refractivity contribution in [2.45, 2.75) is 52.4 Å². The van der Waals surface area contributed by atoms with E-state index in [0.717, 1.165) is 17.2 Å². The summed E-state index contributed by atoms with van der Waals surface area (Å²) in [5.74, 6) is -0.674. The van der Waals surface area contributed by atoms with Gasteiger partial charge in [-0.15, -0.1) is 0 Å². The fourth-order valence-electron chi connectivity index (χ4n) is 1.99. The molecule has 0 unspecified atom stereocenters. The number of rotatable bonds is 8. The number of carbonyl (C=O) groups is 3. The summed E-state index contributed by atoms with van der Waals surface area (Å²) in [6.45, 7) is 4.19. The molecule has 1 aromatic rings. The molecule has 0 aliphatic heterocycles. The predicted molar refractivity (Wildman–Crippen MR) is 93.9 cm³/mol. The van der Waals surface area contributed by atoms with Crippen LogP contribution in [-0.4, -0.2) is 34.5 Å². The third kappa shape index (κ3) is 8.69. The predicted octanol–water partition coefficient (Wildman–Crippen LogP) is 1.69. The molecule has 0 spiro atoms. The van der Waals surface area contributed by atoms with E-state index in [2.05, 4.69) is 21.2 Å². The summed E-state index contributed by atoms with van der Waals surface area (Å²) >= 11 is 0. The second kappa shape index (κ2) is 11.8. The van der Waals surface area contributed by atoms with Gasteiger partial charge in [0.1, 0.15) is 0 Å². The molecule has 4 amide bonds. The van der Waals surface area contributed by atoms with Crippen LogP contribution >= 0.6 is 0 Å². The van der Waals surface area contributed by atoms with E-state index in [4.69, 9.17) is 0 Å². The number of nitrogens with one attached hydrogen (secondary N) is 3. The lowest BCUT2D eigenvalue weighted by Crippen LogP contribution is -2.58. The van der Waals surface area contributed by atoms with E-state index >= 15 is 0 Å². The number of hydrogen-bond donors (Lipinski definition) is 3. The van der Waals surface area contributed by atoms with Crippen molar-refractivity contribution >= 4 is 17.8 Å². The van der Waals surface area contributed by atoms with E-state index in [-0.39, 0.29) is 24.7 Å². The summed E-state index contributed by atoms with van der Waals surface area (Å²) in [5, 5.41) is 3.52. The highest BCUT2D eigenvalue weighted by Crippen LogP contribution is 1.98. The summed E-state index contributed by atoms with van der Waals surface area (Å²) in [6.07, 6.45) is 4.96. The smallest absolute Gasteiger partial charge is 0.335 e. The van der Waals surface area contributed by atoms with Crippen LogP contribution in [0.1, 0.15) is 51.6 Å². The van der Waals surface area contributed by atoms with Gasteiger partial charge < -0.3 is 5.32 Å². The normalized spacial score (nSPS) is 10.0. The fourth-order valence-corrected chi connectivity index (χ4v) is 1.99. The lowest BCUT2D eigenvalue weighted by molar-refractivity contribution is -0.144. The van der Waals surface area contributed by atoms with Gasteiger partial charge in [-0.3, -0.25) is 14.6 Å². The van der Waals surface area contributed by atoms with Crippen LogP contribution in [0, 0.1) is 0 Å². The van der Waals surface area contributed by atoms with Crippen molar-refractivity contribution in [3.8, 4) is 0 Å². The van der Waals surface area contributed by atoms with Crippen LogP contribution < -0.4 is 16.2 Å². The van der Waals surface area contributed by atoms with Crippen molar-refractivity contribution in [3.63, 3.8) is 0 Å². The number of nitrogens with zero attached hydrogens (tertiary/aromatic N) is 2. The number of hydrazine groups is 2. The molecule has 138 valence electrons. The molecule has 0 aromatic carbocycles. The zero-order valence-corrected chi connectivity index (χ0v) is 14.9. The molecule has 0 fully saturated rings. The molecule has 0 aliphatic carbocycles. The zero-order chi connectivity index (χ0) is 18.5. The number of pyridine rings is 1. The van der Waals surface area contributed by atoms with Crippen molar-refractivity contribution in [1.82, 2.24) is 26.3 Å². The topological polar surface area (TPSA) is 103 Å². The summed E-state index contributed by atoms with van der Waals surface area (Å²) in [7, 11) is 0. The second-order valence-corrected chi connectivity index (χ2v) is 5.56. The maximum Gasteiger partial charge on any atom is 0.335 e. The molecule has 8 heteroatoms. The second-order valence-electron chi connectivity index (χ2n) is 5.56. The Kier molecular flexibility index (Phi) is 9.65. The molecule has 8 nitrogen and oxygen atoms in total. The Morgan fingerprint density at radius 3 is 2.52 bits per heavy atom. The van der Waals surface area contributed by atoms with E-state index in [9.17, 15) is 14.4 Å². The Morgan fingerprint density at radius 2 is 1.88 bits per heavy atom. The van der Waals surface area contributed by atoms with Gasteiger partial charge in [0.2, 0.25) is 5.91 Å². The fraction of sp³-hybridized carbons (Fsp3) is 0.529. The third-order valence-corrected chi connectivity index (χ3v) is 3.31. The number of aromatic nitrogens is 1. The average molecular weight is 349 g/mol. The van der Waals surface area contributed by atoms with Gasteiger partial charge in [0.05, 0.1) is 0 Å². The molecule has 0 aliphatic rings. The Labute approximate surface area is 148 Å². The number of amides is 4. The first-order valence-corrected chi connectivity index (χ1v) is 8.63. The lowest BCUT2D eigenvalue weighted by Gasteiger charge is -2.23. The van der Waals surface area contributed by atoms with Crippen molar-refractivity contribution in [2.75, 3.05) is 6.54 Å². The summed E-state index contributed by atoms with van der Waals surface area (Å²) in [5.41, 5.74) is 5.67. The van der Waals surface area contributed by atoms with Crippen molar-refractivity contribution in [2.24, 2.45) is 0 Å². The minimum Gasteiger partial charge on any atom is -0.336 e. The maximum atomic E-state index is 12.1. The highest BCUT2D eigenvalue weighted by atomic mass is 16.2. The van der Waals surface area contributed by atoms with Crippen LogP contribution in [-0.2, 0) is 16.0 Å². The number of unbranched alkanes of at least 4 members (excludes halogenated alkanes) is 1. The van der Waals surface area contributed by atoms with Crippen LogP contribution in [0.4, 0.5) is 4.79 Å². The maximum absolute atomic E-state index is 12.1. The molecule has 1 heterocycles. The van der Waals surface area contributed by atoms with Gasteiger partial charge in [0, 0.05) is 37.7 Å². The van der Waals surface area contributed by atoms with Gasteiger partial charge in [-0.1, -0.05) is 26.3 Å². The summed E-state index contributed by atoms with van der Waals surface area (Å²) in [4.78, 5) is 40.0. The Balaban J connectivity index is 2.48. The quantitative estimate of drug-likeness (QED) is 0.621. The molecule has 0 radical (unpaired) electrons. The van der Waals surface area contributed by atoms with E-state index < -0.39 is 6.03 Å². The highest BCUT2D eigenvalue weighted by molar-refractivity contribution is 5.84. The van der Waals surface area contributed by atoms with E-state index in [1.165, 1.54) is 0 Å². The van der Waals surface area contributed by atoms with Crippen molar-refractivity contribution < 1.29 is 14.4 Å². The zero-order valence-electron chi connectivity index (χ0n) is 14.9. The molecule has 0 saturated heterocycles. The van der Waals surface area contributed by atoms with Crippen LogP contribution in [0.2, 0.25) is 0 Å². The van der Waals surface area contributed by atoms with Gasteiger partial charge in [-0.05, 0) is 25.0 Å². The van der Waals surface area contributed by atoms with E-state index in [1.807, 2.05) is 32.0 Å². The molecule has 0 atom stereocenters. The first-order valence-electron chi connectivity index (χ1n) is 8.63. The Morgan fingerprint density at radius 1 is 1.08 bits per heavy atom. The summed E-state index contributed by atoms with van der Waals surface area (Å²) in [6, 6.07) is 5.01. The first-order chi connectivity index (χ1) is 12.1. The first kappa shape index (κ1) is 20.4. The third-order valence-electron chi connectivity index (χ3n) is 3.31. The average Bonchev–Trinajstić information content (AvgIpc) is 2.60. The van der Waals surface area contributed by atoms with E-state index in [0.29, 0.717) is 25.8 Å². The minimum absolute atomic E-state index is 0.247. The molecular formula is C17H27N5O3. The van der Waals surface area contributed by atoms with Gasteiger partial charge in [-0.2, -0.15) is 5.12 Å². The van der Waals surface area contributed by atoms with Crippen LogP contribution in [0.3, 0.4) is 0 Å². The lowest BCUT2D eigenvalue weighted by atomic mass is 10.2. The Bertz CT molecular complexity index is 550. The van der Waals surface area contributed by atoms with Gasteiger partial charge >= 0.3 is 6.03 Å². The van der Waals surface area contributed by atoms with E-state index in [1.54, 1.807) is 6.20 Å². The van der Waals surface area contributed by atoms with Crippen LogP contribution in [0.25, 0.3) is 0 Å². The van der Waals surface area contributed by atoms with Crippen molar-refractivity contribution in [1.29, 1.82) is 0 Å². The minimum atomic E-state index is -0.558. The molecule has 0 bridgehead atoms. The molecule has 1 rings (SSSR count). The van der Waals surface area contributed by atoms with Gasteiger partial charge in [0.15, 0.2) is 0 Å².